The number of methoxy groups -OCH3 is 1. The highest BCUT2D eigenvalue weighted by Gasteiger charge is 2.30. The highest BCUT2D eigenvalue weighted by atomic mass is 35.5. The van der Waals surface area contributed by atoms with Crippen LogP contribution in [0, 0.1) is 5.82 Å². The number of aryl methyl sites for hydroxylation is 1. The molecule has 1 aliphatic rings. The molecule has 0 amide bonds. The van der Waals surface area contributed by atoms with Crippen molar-refractivity contribution in [3.63, 3.8) is 0 Å². The Morgan fingerprint density at radius 3 is 2.71 bits per heavy atom. The van der Waals surface area contributed by atoms with Crippen molar-refractivity contribution in [2.75, 3.05) is 20.3 Å². The quantitative estimate of drug-likeness (QED) is 0.454. The van der Waals surface area contributed by atoms with E-state index in [1.807, 2.05) is 6.92 Å². The molecular formula is C25H23ClFNO6. The van der Waals surface area contributed by atoms with Crippen LogP contribution in [0.3, 0.4) is 0 Å². The Labute approximate surface area is 200 Å². The monoisotopic (exact) mass is 487 g/mol. The molecular weight excluding hydrogens is 465 g/mol. The summed E-state index contributed by atoms with van der Waals surface area (Å²) in [5.74, 6) is -1.04. The Hall–Kier alpha value is -3.36. The Balaban J connectivity index is 1.86. The Morgan fingerprint density at radius 2 is 2.00 bits per heavy atom. The topological polar surface area (TPSA) is 87.0 Å². The number of carbonyl (C=O) groups is 1. The minimum Gasteiger partial charge on any atom is -0.492 e. The third-order valence-corrected chi connectivity index (χ3v) is 5.83. The van der Waals surface area contributed by atoms with Crippen molar-refractivity contribution in [2.45, 2.75) is 26.0 Å². The minimum absolute atomic E-state index is 0.304. The largest absolute Gasteiger partial charge is 0.492 e. The van der Waals surface area contributed by atoms with E-state index in [4.69, 9.17) is 25.8 Å². The third-order valence-electron chi connectivity index (χ3n) is 5.53. The van der Waals surface area contributed by atoms with Gasteiger partial charge in [-0.15, -0.1) is 0 Å². The van der Waals surface area contributed by atoms with Crippen LogP contribution in [0.1, 0.15) is 41.1 Å². The van der Waals surface area contributed by atoms with Gasteiger partial charge in [0.05, 0.1) is 17.3 Å². The summed E-state index contributed by atoms with van der Waals surface area (Å²) >= 11 is 6.43. The van der Waals surface area contributed by atoms with E-state index < -0.39 is 29.0 Å². The van der Waals surface area contributed by atoms with Crippen molar-refractivity contribution in [3.05, 3.63) is 80.3 Å². The number of nitrogens with zero attached hydrogens (tertiary/aromatic N) is 1. The fourth-order valence-electron chi connectivity index (χ4n) is 3.88. The van der Waals surface area contributed by atoms with E-state index in [1.165, 1.54) is 29.0 Å². The van der Waals surface area contributed by atoms with E-state index in [0.29, 0.717) is 59.4 Å². The Morgan fingerprint density at radius 1 is 1.21 bits per heavy atom. The van der Waals surface area contributed by atoms with Crippen LogP contribution in [0.5, 0.6) is 11.5 Å². The fourth-order valence-corrected chi connectivity index (χ4v) is 4.09. The van der Waals surface area contributed by atoms with Gasteiger partial charge in [0.25, 0.3) is 0 Å². The van der Waals surface area contributed by atoms with Gasteiger partial charge in [0.15, 0.2) is 5.43 Å². The molecule has 0 bridgehead atoms. The van der Waals surface area contributed by atoms with Crippen LogP contribution in [0.4, 0.5) is 4.39 Å². The second-order valence-corrected chi connectivity index (χ2v) is 8.25. The maximum atomic E-state index is 14.4. The van der Waals surface area contributed by atoms with Crippen molar-refractivity contribution >= 4 is 17.6 Å². The van der Waals surface area contributed by atoms with Gasteiger partial charge in [-0.1, -0.05) is 18.5 Å². The molecule has 1 aliphatic heterocycles. The molecule has 4 rings (SSSR count). The molecule has 3 aromatic rings. The molecule has 178 valence electrons. The smallest absolute Gasteiger partial charge is 0.341 e. The number of hydrogen-bond donors (Lipinski definition) is 1. The lowest BCUT2D eigenvalue weighted by Gasteiger charge is -2.32. The number of rotatable bonds is 8. The highest BCUT2D eigenvalue weighted by Crippen LogP contribution is 2.44. The molecule has 1 unspecified atom stereocenters. The lowest BCUT2D eigenvalue weighted by molar-refractivity contribution is 0.0693. The minimum atomic E-state index is -1.36. The summed E-state index contributed by atoms with van der Waals surface area (Å²) in [5.41, 5.74) is 1.04. The first-order chi connectivity index (χ1) is 16.3. The number of hydrogen-bond acceptors (Lipinski definition) is 5. The number of halogens is 2. The molecule has 0 spiro atoms. The molecule has 2 aromatic carbocycles. The van der Waals surface area contributed by atoms with Crippen LogP contribution >= 0.6 is 11.6 Å². The summed E-state index contributed by atoms with van der Waals surface area (Å²) in [5, 5.41) is 9.79. The molecule has 2 heterocycles. The number of pyridine rings is 1. The first-order valence-corrected chi connectivity index (χ1v) is 11.1. The number of carboxylic acids is 1. The summed E-state index contributed by atoms with van der Waals surface area (Å²) in [6.07, 6.45) is 1.56. The molecule has 1 atom stereocenters. The van der Waals surface area contributed by atoms with E-state index in [9.17, 15) is 19.1 Å². The number of aromatic nitrogens is 1. The zero-order chi connectivity index (χ0) is 24.4. The highest BCUT2D eigenvalue weighted by molar-refractivity contribution is 6.32. The summed E-state index contributed by atoms with van der Waals surface area (Å²) < 4.78 is 32.9. The lowest BCUT2D eigenvalue weighted by Crippen LogP contribution is -2.28. The fraction of sp³-hybridized carbons (Fsp3) is 0.280. The van der Waals surface area contributed by atoms with E-state index in [1.54, 1.807) is 25.3 Å². The maximum Gasteiger partial charge on any atom is 0.341 e. The second-order valence-electron chi connectivity index (χ2n) is 7.84. The number of carboxylic acid groups (broad SMARTS) is 1. The van der Waals surface area contributed by atoms with Gasteiger partial charge in [-0.25, -0.2) is 9.18 Å². The SMILES string of the molecule is CCc1cc(F)cc(C2Oc3cc(OCCCOC)c(Cl)cc3-c3cc(=O)c(C(=O)O)cn32)c1. The second kappa shape index (κ2) is 9.87. The van der Waals surface area contributed by atoms with E-state index in [2.05, 4.69) is 0 Å². The zero-order valence-electron chi connectivity index (χ0n) is 18.6. The third kappa shape index (κ3) is 4.64. The van der Waals surface area contributed by atoms with Crippen molar-refractivity contribution in [1.82, 2.24) is 4.57 Å². The standard InChI is InChI=1S/C25H23ClFNO6/c1-3-14-7-15(9-16(27)8-14)24-28-13-18(25(30)31)21(29)11-20(28)17-10-19(26)23(12-22(17)34-24)33-6-4-5-32-2/h7-13,24H,3-6H2,1-2H3,(H,30,31). The molecule has 0 fully saturated rings. The molecule has 9 heteroatoms. The van der Waals surface area contributed by atoms with E-state index in [-0.39, 0.29) is 0 Å². The molecule has 0 saturated heterocycles. The van der Waals surface area contributed by atoms with Crippen molar-refractivity contribution < 1.29 is 28.5 Å². The normalized spacial score (nSPS) is 14.2. The molecule has 0 saturated carbocycles. The Bertz CT molecular complexity index is 1310. The predicted molar refractivity (Wildman–Crippen MR) is 125 cm³/mol. The van der Waals surface area contributed by atoms with Crippen LogP contribution < -0.4 is 14.9 Å². The predicted octanol–water partition coefficient (Wildman–Crippen LogP) is 4.92. The molecule has 0 radical (unpaired) electrons. The van der Waals surface area contributed by atoms with Crippen molar-refractivity contribution in [3.8, 4) is 22.8 Å². The molecule has 1 N–H and O–H groups in total. The molecule has 34 heavy (non-hydrogen) atoms. The number of aromatic carboxylic acids is 1. The first kappa shape index (κ1) is 23.8. The Kier molecular flexibility index (Phi) is 6.90. The average molecular weight is 488 g/mol. The summed E-state index contributed by atoms with van der Waals surface area (Å²) in [7, 11) is 1.60. The van der Waals surface area contributed by atoms with Crippen LogP contribution in [0.25, 0.3) is 11.3 Å². The molecule has 1 aromatic heterocycles. The average Bonchev–Trinajstić information content (AvgIpc) is 2.80. The van der Waals surface area contributed by atoms with Gasteiger partial charge in [-0.05, 0) is 36.2 Å². The van der Waals surface area contributed by atoms with Gasteiger partial charge in [0.1, 0.15) is 22.9 Å². The van der Waals surface area contributed by atoms with Gasteiger partial charge in [0.2, 0.25) is 6.23 Å². The lowest BCUT2D eigenvalue weighted by atomic mass is 10.0. The van der Waals surface area contributed by atoms with Crippen LogP contribution in [0.2, 0.25) is 5.02 Å². The number of ether oxygens (including phenoxy) is 3. The summed E-state index contributed by atoms with van der Waals surface area (Å²) in [6, 6.07) is 9.01. The van der Waals surface area contributed by atoms with Crippen LogP contribution in [0.15, 0.2) is 47.4 Å². The van der Waals surface area contributed by atoms with Gasteiger partial charge in [0, 0.05) is 49.6 Å². The maximum absolute atomic E-state index is 14.4. The van der Waals surface area contributed by atoms with E-state index in [0.717, 1.165) is 5.56 Å². The van der Waals surface area contributed by atoms with Crippen LogP contribution in [-0.4, -0.2) is 36.0 Å². The zero-order valence-corrected chi connectivity index (χ0v) is 19.4. The molecule has 7 nitrogen and oxygen atoms in total. The first-order valence-electron chi connectivity index (χ1n) is 10.7. The van der Waals surface area contributed by atoms with Crippen LogP contribution in [-0.2, 0) is 11.2 Å². The van der Waals surface area contributed by atoms with Gasteiger partial charge >= 0.3 is 5.97 Å². The van der Waals surface area contributed by atoms with Gasteiger partial charge < -0.3 is 23.9 Å². The number of benzene rings is 2. The van der Waals surface area contributed by atoms with Gasteiger partial charge in [-0.3, -0.25) is 4.79 Å². The molecule has 0 aliphatic carbocycles. The van der Waals surface area contributed by atoms with Crippen molar-refractivity contribution in [2.24, 2.45) is 0 Å². The van der Waals surface area contributed by atoms with Crippen molar-refractivity contribution in [1.29, 1.82) is 0 Å². The summed E-state index contributed by atoms with van der Waals surface area (Å²) in [4.78, 5) is 24.2. The summed E-state index contributed by atoms with van der Waals surface area (Å²) in [6.45, 7) is 2.80. The van der Waals surface area contributed by atoms with Gasteiger partial charge in [-0.2, -0.15) is 0 Å². The van der Waals surface area contributed by atoms with E-state index >= 15 is 0 Å². The number of fused-ring (bicyclic) bond motifs is 3.